The summed E-state index contributed by atoms with van der Waals surface area (Å²) in [5.74, 6) is 0. The van der Waals surface area contributed by atoms with Crippen LogP contribution in [0.3, 0.4) is 0 Å². The molecule has 3 rings (SSSR count). The predicted octanol–water partition coefficient (Wildman–Crippen LogP) is 2.57. The number of hydrogen-bond acceptors (Lipinski definition) is 3. The number of fused-ring (bicyclic) bond motifs is 1. The maximum atomic E-state index is 6.14. The fourth-order valence-electron chi connectivity index (χ4n) is 3.31. The van der Waals surface area contributed by atoms with Crippen LogP contribution in [0.25, 0.3) is 0 Å². The second-order valence-electron chi connectivity index (χ2n) is 5.84. The summed E-state index contributed by atoms with van der Waals surface area (Å²) in [6.45, 7) is 3.79. The molecule has 4 nitrogen and oxygen atoms in total. The Labute approximate surface area is 126 Å². The van der Waals surface area contributed by atoms with E-state index in [2.05, 4.69) is 41.2 Å². The first-order valence-corrected chi connectivity index (χ1v) is 7.75. The van der Waals surface area contributed by atoms with Crippen molar-refractivity contribution in [2.45, 2.75) is 32.2 Å². The molecule has 0 saturated heterocycles. The molecule has 0 amide bonds. The van der Waals surface area contributed by atoms with Crippen LogP contribution >= 0.6 is 0 Å². The third kappa shape index (κ3) is 2.56. The largest absolute Gasteiger partial charge is 0.363 e. The van der Waals surface area contributed by atoms with Crippen LogP contribution in [0.4, 0.5) is 5.69 Å². The maximum Gasteiger partial charge on any atom is 0.0698 e. The van der Waals surface area contributed by atoms with Crippen LogP contribution < -0.4 is 10.6 Å². The number of aromatic nitrogens is 2. The van der Waals surface area contributed by atoms with Crippen molar-refractivity contribution < 1.29 is 0 Å². The highest BCUT2D eigenvalue weighted by molar-refractivity contribution is 5.56. The van der Waals surface area contributed by atoms with Gasteiger partial charge in [-0.1, -0.05) is 18.2 Å². The molecule has 0 spiro atoms. The number of benzene rings is 1. The summed E-state index contributed by atoms with van der Waals surface area (Å²) in [4.78, 5) is 2.48. The molecule has 112 valence electrons. The van der Waals surface area contributed by atoms with Crippen molar-refractivity contribution in [3.63, 3.8) is 0 Å². The fraction of sp³-hybridized carbons (Fsp3) is 0.471. The Morgan fingerprint density at radius 3 is 2.81 bits per heavy atom. The summed E-state index contributed by atoms with van der Waals surface area (Å²) in [5, 5.41) is 4.39. The third-order valence-corrected chi connectivity index (χ3v) is 4.63. The van der Waals surface area contributed by atoms with Crippen molar-refractivity contribution in [2.24, 2.45) is 12.8 Å². The Morgan fingerprint density at radius 1 is 1.29 bits per heavy atom. The zero-order chi connectivity index (χ0) is 14.8. The average Bonchev–Trinajstić information content (AvgIpc) is 2.73. The monoisotopic (exact) mass is 284 g/mol. The Bertz CT molecular complexity index is 617. The number of nitrogens with two attached hydrogens (primary N) is 1. The summed E-state index contributed by atoms with van der Waals surface area (Å²) in [6.07, 6.45) is 5.59. The molecule has 1 aliphatic heterocycles. The highest BCUT2D eigenvalue weighted by Crippen LogP contribution is 2.33. The van der Waals surface area contributed by atoms with E-state index in [1.807, 2.05) is 17.9 Å². The van der Waals surface area contributed by atoms with Crippen LogP contribution in [0, 0.1) is 6.92 Å². The van der Waals surface area contributed by atoms with E-state index in [0.29, 0.717) is 6.54 Å². The van der Waals surface area contributed by atoms with Crippen LogP contribution in [0.15, 0.2) is 30.5 Å². The van der Waals surface area contributed by atoms with Crippen molar-refractivity contribution in [1.29, 1.82) is 0 Å². The highest BCUT2D eigenvalue weighted by atomic mass is 15.3. The van der Waals surface area contributed by atoms with Gasteiger partial charge in [-0.2, -0.15) is 5.10 Å². The van der Waals surface area contributed by atoms with Crippen molar-refractivity contribution in [1.82, 2.24) is 9.78 Å². The second kappa shape index (κ2) is 5.90. The van der Waals surface area contributed by atoms with Gasteiger partial charge in [0.15, 0.2) is 0 Å². The predicted molar refractivity (Wildman–Crippen MR) is 86.5 cm³/mol. The van der Waals surface area contributed by atoms with E-state index in [1.54, 1.807) is 0 Å². The molecule has 2 N–H and O–H groups in total. The van der Waals surface area contributed by atoms with E-state index in [9.17, 15) is 0 Å². The second-order valence-corrected chi connectivity index (χ2v) is 5.84. The first-order valence-electron chi connectivity index (χ1n) is 7.75. The number of hydrogen-bond donors (Lipinski definition) is 1. The van der Waals surface area contributed by atoms with Crippen molar-refractivity contribution in [2.75, 3.05) is 18.0 Å². The molecule has 0 fully saturated rings. The van der Waals surface area contributed by atoms with Crippen LogP contribution in [0.5, 0.6) is 0 Å². The molecule has 0 aliphatic carbocycles. The lowest BCUT2D eigenvalue weighted by atomic mass is 10.0. The normalized spacial score (nSPS) is 16.4. The molecule has 0 radical (unpaired) electrons. The molecular weight excluding hydrogens is 260 g/mol. The van der Waals surface area contributed by atoms with Crippen LogP contribution in [-0.4, -0.2) is 22.9 Å². The smallest absolute Gasteiger partial charge is 0.0698 e. The lowest BCUT2D eigenvalue weighted by molar-refractivity contribution is 0.606. The Morgan fingerprint density at radius 2 is 2.10 bits per heavy atom. The molecule has 1 aromatic heterocycles. The summed E-state index contributed by atoms with van der Waals surface area (Å²) in [6, 6.07) is 8.94. The SMILES string of the molecule is Cc1c(C(CN)N2CCCCc3ccccc32)cnn1C. The Balaban J connectivity index is 2.02. The van der Waals surface area contributed by atoms with Gasteiger partial charge in [0.05, 0.1) is 12.2 Å². The van der Waals surface area contributed by atoms with E-state index in [-0.39, 0.29) is 6.04 Å². The van der Waals surface area contributed by atoms with Gasteiger partial charge < -0.3 is 10.6 Å². The lowest BCUT2D eigenvalue weighted by Crippen LogP contribution is -2.34. The molecule has 2 aromatic rings. The minimum absolute atomic E-state index is 0.206. The zero-order valence-electron chi connectivity index (χ0n) is 12.9. The van der Waals surface area contributed by atoms with Gasteiger partial charge in [0.2, 0.25) is 0 Å². The standard InChI is InChI=1S/C17H24N4/c1-13-15(12-19-20(13)2)17(11-18)21-10-6-5-8-14-7-3-4-9-16(14)21/h3-4,7,9,12,17H,5-6,8,10-11,18H2,1-2H3. The van der Waals surface area contributed by atoms with Crippen LogP contribution in [0.2, 0.25) is 0 Å². The zero-order valence-corrected chi connectivity index (χ0v) is 12.9. The van der Waals surface area contributed by atoms with Gasteiger partial charge in [-0.15, -0.1) is 0 Å². The molecule has 21 heavy (non-hydrogen) atoms. The van der Waals surface area contributed by atoms with Gasteiger partial charge in [-0.25, -0.2) is 0 Å². The average molecular weight is 284 g/mol. The van der Waals surface area contributed by atoms with Gasteiger partial charge >= 0.3 is 0 Å². The molecule has 2 heterocycles. The first kappa shape index (κ1) is 14.1. The van der Waals surface area contributed by atoms with Crippen molar-refractivity contribution >= 4 is 5.69 Å². The van der Waals surface area contributed by atoms with Crippen LogP contribution in [0.1, 0.15) is 35.7 Å². The molecular formula is C17H24N4. The van der Waals surface area contributed by atoms with E-state index in [0.717, 1.165) is 13.0 Å². The first-order chi connectivity index (χ1) is 10.2. The van der Waals surface area contributed by atoms with Crippen molar-refractivity contribution in [3.8, 4) is 0 Å². The number of nitrogens with zero attached hydrogens (tertiary/aromatic N) is 3. The topological polar surface area (TPSA) is 47.1 Å². The molecule has 1 aromatic carbocycles. The summed E-state index contributed by atoms with van der Waals surface area (Å²) in [5.41, 5.74) is 11.4. The van der Waals surface area contributed by atoms with Gasteiger partial charge in [0.25, 0.3) is 0 Å². The number of rotatable bonds is 3. The van der Waals surface area contributed by atoms with Gasteiger partial charge in [0.1, 0.15) is 0 Å². The quantitative estimate of drug-likeness (QED) is 0.942. The molecule has 1 aliphatic rings. The van der Waals surface area contributed by atoms with Crippen molar-refractivity contribution in [3.05, 3.63) is 47.3 Å². The summed E-state index contributed by atoms with van der Waals surface area (Å²) in [7, 11) is 1.99. The van der Waals surface area contributed by atoms with E-state index < -0.39 is 0 Å². The molecule has 0 saturated carbocycles. The Kier molecular flexibility index (Phi) is 3.97. The van der Waals surface area contributed by atoms with E-state index >= 15 is 0 Å². The van der Waals surface area contributed by atoms with Gasteiger partial charge in [0, 0.05) is 37.1 Å². The summed E-state index contributed by atoms with van der Waals surface area (Å²) >= 11 is 0. The van der Waals surface area contributed by atoms with Crippen LogP contribution in [-0.2, 0) is 13.5 Å². The minimum atomic E-state index is 0.206. The molecule has 1 atom stereocenters. The van der Waals surface area contributed by atoms with Gasteiger partial charge in [-0.3, -0.25) is 4.68 Å². The molecule has 4 heteroatoms. The minimum Gasteiger partial charge on any atom is -0.363 e. The highest BCUT2D eigenvalue weighted by Gasteiger charge is 2.25. The third-order valence-electron chi connectivity index (χ3n) is 4.63. The van der Waals surface area contributed by atoms with E-state index in [1.165, 1.54) is 35.3 Å². The number of aryl methyl sites for hydroxylation is 2. The molecule has 1 unspecified atom stereocenters. The fourth-order valence-corrected chi connectivity index (χ4v) is 3.31. The number of para-hydroxylation sites is 1. The lowest BCUT2D eigenvalue weighted by Gasteiger charge is -2.33. The summed E-state index contributed by atoms with van der Waals surface area (Å²) < 4.78 is 1.93. The molecule has 0 bridgehead atoms. The van der Waals surface area contributed by atoms with E-state index in [4.69, 9.17) is 5.73 Å². The maximum absolute atomic E-state index is 6.14. The number of anilines is 1. The van der Waals surface area contributed by atoms with Gasteiger partial charge in [-0.05, 0) is 37.8 Å². The Hall–Kier alpha value is -1.81.